The van der Waals surface area contributed by atoms with E-state index < -0.39 is 0 Å². The fraction of sp³-hybridized carbons (Fsp3) is 0.500. The van der Waals surface area contributed by atoms with Crippen LogP contribution in [0.4, 0.5) is 0 Å². The van der Waals surface area contributed by atoms with Crippen molar-refractivity contribution in [2.24, 2.45) is 0 Å². The van der Waals surface area contributed by atoms with Crippen LogP contribution in [0.1, 0.15) is 32.8 Å². The van der Waals surface area contributed by atoms with Crippen molar-refractivity contribution in [2.45, 2.75) is 39.7 Å². The van der Waals surface area contributed by atoms with Gasteiger partial charge in [-0.3, -0.25) is 9.59 Å². The Balaban J connectivity index is 2.54. The van der Waals surface area contributed by atoms with E-state index in [4.69, 9.17) is 23.2 Å². The van der Waals surface area contributed by atoms with E-state index in [1.165, 1.54) is 6.92 Å². The normalized spacial score (nSPS) is 10.6. The molecular weight excluding hydrogens is 323 g/mol. The smallest absolute Gasteiger partial charge is 0.221 e. The van der Waals surface area contributed by atoms with Crippen molar-refractivity contribution >= 4 is 35.0 Å². The number of hydrogen-bond acceptors (Lipinski definition) is 2. The van der Waals surface area contributed by atoms with Gasteiger partial charge in [-0.15, -0.1) is 0 Å². The molecule has 0 aliphatic rings. The molecule has 0 saturated carbocycles. The zero-order chi connectivity index (χ0) is 16.7. The van der Waals surface area contributed by atoms with Crippen molar-refractivity contribution in [2.75, 3.05) is 13.1 Å². The molecule has 1 aromatic rings. The summed E-state index contributed by atoms with van der Waals surface area (Å²) in [5, 5.41) is 3.99. The fourth-order valence-corrected chi connectivity index (χ4v) is 2.54. The van der Waals surface area contributed by atoms with E-state index in [-0.39, 0.29) is 17.9 Å². The van der Waals surface area contributed by atoms with Crippen molar-refractivity contribution in [3.8, 4) is 0 Å². The van der Waals surface area contributed by atoms with E-state index >= 15 is 0 Å². The maximum Gasteiger partial charge on any atom is 0.221 e. The highest BCUT2D eigenvalue weighted by Crippen LogP contribution is 2.21. The molecule has 1 aromatic carbocycles. The van der Waals surface area contributed by atoms with Gasteiger partial charge < -0.3 is 10.2 Å². The molecule has 0 unspecified atom stereocenters. The first-order chi connectivity index (χ1) is 10.3. The van der Waals surface area contributed by atoms with Gasteiger partial charge in [0.2, 0.25) is 11.8 Å². The van der Waals surface area contributed by atoms with Gasteiger partial charge in [0.05, 0.1) is 0 Å². The van der Waals surface area contributed by atoms with Crippen LogP contribution in [0.2, 0.25) is 10.0 Å². The number of carbonyl (C=O) groups excluding carboxylic acids is 2. The van der Waals surface area contributed by atoms with E-state index in [0.29, 0.717) is 36.0 Å². The molecule has 0 radical (unpaired) electrons. The highest BCUT2D eigenvalue weighted by molar-refractivity contribution is 6.35. The number of rotatable bonds is 7. The molecule has 2 amide bonds. The Morgan fingerprint density at radius 2 is 1.91 bits per heavy atom. The summed E-state index contributed by atoms with van der Waals surface area (Å²) < 4.78 is 0. The number of halogens is 2. The molecule has 6 heteroatoms. The van der Waals surface area contributed by atoms with Crippen LogP contribution in [0, 0.1) is 0 Å². The Morgan fingerprint density at radius 3 is 2.45 bits per heavy atom. The highest BCUT2D eigenvalue weighted by atomic mass is 35.5. The average Bonchev–Trinajstić information content (AvgIpc) is 2.39. The molecule has 0 aliphatic carbocycles. The third kappa shape index (κ3) is 6.67. The summed E-state index contributed by atoms with van der Waals surface area (Å²) in [6.45, 7) is 6.24. The second kappa shape index (κ2) is 9.01. The van der Waals surface area contributed by atoms with Gasteiger partial charge in [-0.05, 0) is 38.0 Å². The van der Waals surface area contributed by atoms with Gasteiger partial charge in [0.1, 0.15) is 0 Å². The van der Waals surface area contributed by atoms with Gasteiger partial charge in [0.25, 0.3) is 0 Å². The molecule has 0 bridgehead atoms. The Morgan fingerprint density at radius 1 is 1.23 bits per heavy atom. The van der Waals surface area contributed by atoms with Crippen LogP contribution in [-0.2, 0) is 16.0 Å². The Kier molecular flexibility index (Phi) is 7.69. The third-order valence-corrected chi connectivity index (χ3v) is 3.76. The lowest BCUT2D eigenvalue weighted by Crippen LogP contribution is -2.37. The van der Waals surface area contributed by atoms with E-state index in [2.05, 4.69) is 5.32 Å². The summed E-state index contributed by atoms with van der Waals surface area (Å²) >= 11 is 12.0. The van der Waals surface area contributed by atoms with Crippen LogP contribution < -0.4 is 5.32 Å². The minimum Gasteiger partial charge on any atom is -0.354 e. The second-order valence-corrected chi connectivity index (χ2v) is 6.31. The molecule has 1 rings (SSSR count). The van der Waals surface area contributed by atoms with Crippen LogP contribution >= 0.6 is 23.2 Å². The molecule has 0 heterocycles. The van der Waals surface area contributed by atoms with Crippen LogP contribution in [0.3, 0.4) is 0 Å². The molecule has 4 nitrogen and oxygen atoms in total. The van der Waals surface area contributed by atoms with Gasteiger partial charge in [0, 0.05) is 42.5 Å². The van der Waals surface area contributed by atoms with Gasteiger partial charge in [-0.25, -0.2) is 0 Å². The summed E-state index contributed by atoms with van der Waals surface area (Å²) in [6.07, 6.45) is 0.924. The summed E-state index contributed by atoms with van der Waals surface area (Å²) in [7, 11) is 0. The number of hydrogen-bond donors (Lipinski definition) is 1. The van der Waals surface area contributed by atoms with E-state index in [9.17, 15) is 9.59 Å². The van der Waals surface area contributed by atoms with Gasteiger partial charge >= 0.3 is 0 Å². The summed E-state index contributed by atoms with van der Waals surface area (Å²) in [4.78, 5) is 25.0. The Hall–Kier alpha value is -1.26. The largest absolute Gasteiger partial charge is 0.354 e. The molecule has 1 N–H and O–H groups in total. The van der Waals surface area contributed by atoms with Gasteiger partial charge in [-0.2, -0.15) is 0 Å². The summed E-state index contributed by atoms with van der Waals surface area (Å²) in [5.41, 5.74) is 0.934. The molecular formula is C16H22Cl2N2O2. The quantitative estimate of drug-likeness (QED) is 0.824. The first-order valence-electron chi connectivity index (χ1n) is 7.28. The van der Waals surface area contributed by atoms with Crippen LogP contribution in [0.5, 0.6) is 0 Å². The lowest BCUT2D eigenvalue weighted by Gasteiger charge is -2.21. The molecule has 22 heavy (non-hydrogen) atoms. The number of nitrogens with zero attached hydrogens (tertiary/aromatic N) is 1. The highest BCUT2D eigenvalue weighted by Gasteiger charge is 2.12. The minimum atomic E-state index is -0.0533. The Labute approximate surface area is 141 Å². The summed E-state index contributed by atoms with van der Waals surface area (Å²) in [6, 6.07) is 5.42. The van der Waals surface area contributed by atoms with E-state index in [1.54, 1.807) is 17.0 Å². The first-order valence-corrected chi connectivity index (χ1v) is 8.04. The number of benzene rings is 1. The number of amides is 2. The topological polar surface area (TPSA) is 49.4 Å². The first kappa shape index (κ1) is 18.8. The van der Waals surface area contributed by atoms with Crippen molar-refractivity contribution in [3.63, 3.8) is 0 Å². The standard InChI is InChI=1S/C16H22Cl2N2O2/c1-11(2)19-16(22)7-9-20(12(3)21)8-6-13-4-5-14(17)10-15(13)18/h4-5,10-11H,6-9H2,1-3H3,(H,19,22). The maximum absolute atomic E-state index is 11.7. The predicted octanol–water partition coefficient (Wildman–Crippen LogP) is 3.30. The minimum absolute atomic E-state index is 0.0502. The van der Waals surface area contributed by atoms with Gasteiger partial charge in [-0.1, -0.05) is 29.3 Å². The number of nitrogens with one attached hydrogen (secondary N) is 1. The second-order valence-electron chi connectivity index (χ2n) is 5.46. The molecule has 0 saturated heterocycles. The van der Waals surface area contributed by atoms with E-state index in [1.807, 2.05) is 19.9 Å². The van der Waals surface area contributed by atoms with Crippen molar-refractivity contribution in [3.05, 3.63) is 33.8 Å². The summed E-state index contributed by atoms with van der Waals surface area (Å²) in [5.74, 6) is -0.104. The zero-order valence-electron chi connectivity index (χ0n) is 13.2. The van der Waals surface area contributed by atoms with Crippen LogP contribution in [-0.4, -0.2) is 35.8 Å². The third-order valence-electron chi connectivity index (χ3n) is 3.17. The fourth-order valence-electron chi connectivity index (χ4n) is 2.04. The van der Waals surface area contributed by atoms with Crippen LogP contribution in [0.25, 0.3) is 0 Å². The monoisotopic (exact) mass is 344 g/mol. The van der Waals surface area contributed by atoms with Crippen molar-refractivity contribution in [1.29, 1.82) is 0 Å². The number of carbonyl (C=O) groups is 2. The maximum atomic E-state index is 11.7. The lowest BCUT2D eigenvalue weighted by molar-refractivity contribution is -0.129. The SMILES string of the molecule is CC(=O)N(CCC(=O)NC(C)C)CCc1ccc(Cl)cc1Cl. The van der Waals surface area contributed by atoms with Crippen LogP contribution in [0.15, 0.2) is 18.2 Å². The molecule has 0 aromatic heterocycles. The molecule has 0 fully saturated rings. The molecule has 122 valence electrons. The lowest BCUT2D eigenvalue weighted by atomic mass is 10.1. The Bertz CT molecular complexity index is 533. The molecule has 0 atom stereocenters. The molecule has 0 aliphatic heterocycles. The van der Waals surface area contributed by atoms with Crippen molar-refractivity contribution in [1.82, 2.24) is 10.2 Å². The predicted molar refractivity (Wildman–Crippen MR) is 90.3 cm³/mol. The van der Waals surface area contributed by atoms with E-state index in [0.717, 1.165) is 5.56 Å². The van der Waals surface area contributed by atoms with Gasteiger partial charge in [0.15, 0.2) is 0 Å². The zero-order valence-corrected chi connectivity index (χ0v) is 14.7. The average molecular weight is 345 g/mol. The molecule has 0 spiro atoms. The van der Waals surface area contributed by atoms with Crippen molar-refractivity contribution < 1.29 is 9.59 Å².